The van der Waals surface area contributed by atoms with Crippen LogP contribution in [0.5, 0.6) is 0 Å². The number of hydrogen-bond acceptors (Lipinski definition) is 4. The number of hydrazine groups is 1. The van der Waals surface area contributed by atoms with Crippen molar-refractivity contribution in [1.82, 2.24) is 0 Å². The number of anilines is 2. The topological polar surface area (TPSA) is 75.4 Å². The van der Waals surface area contributed by atoms with E-state index in [-0.39, 0.29) is 4.90 Å². The third kappa shape index (κ3) is 3.17. The van der Waals surface area contributed by atoms with E-state index in [1.54, 1.807) is 24.3 Å². The number of nitrogens with one attached hydrogen (secondary N) is 1. The molecule has 2 rings (SSSR count). The zero-order chi connectivity index (χ0) is 15.5. The highest BCUT2D eigenvalue weighted by molar-refractivity contribution is 7.92. The molecule has 0 aliphatic rings. The molecule has 6 heteroatoms. The standard InChI is InChI=1S/C15H19N3O2S/c1-3-18(14-8-4-12(2)5-9-14)21(19,20)15-10-6-13(17-16)7-11-15/h4-11,17H,3,16H2,1-2H3. The van der Waals surface area contributed by atoms with Gasteiger partial charge in [-0.25, -0.2) is 8.42 Å². The zero-order valence-electron chi connectivity index (χ0n) is 12.1. The molecule has 0 amide bonds. The number of nitrogen functional groups attached to an aromatic ring is 1. The average molecular weight is 305 g/mol. The van der Waals surface area contributed by atoms with Crippen molar-refractivity contribution in [2.24, 2.45) is 5.84 Å². The van der Waals surface area contributed by atoms with Crippen LogP contribution in [-0.4, -0.2) is 15.0 Å². The van der Waals surface area contributed by atoms with Crippen molar-refractivity contribution in [1.29, 1.82) is 0 Å². The third-order valence-corrected chi connectivity index (χ3v) is 5.14. The third-order valence-electron chi connectivity index (χ3n) is 3.22. The Labute approximate surface area is 125 Å². The van der Waals surface area contributed by atoms with Crippen LogP contribution >= 0.6 is 0 Å². The van der Waals surface area contributed by atoms with Crippen molar-refractivity contribution in [3.8, 4) is 0 Å². The van der Waals surface area contributed by atoms with E-state index in [1.807, 2.05) is 38.1 Å². The zero-order valence-corrected chi connectivity index (χ0v) is 12.9. The summed E-state index contributed by atoms with van der Waals surface area (Å²) in [5.41, 5.74) is 4.88. The average Bonchev–Trinajstić information content (AvgIpc) is 2.50. The number of aryl methyl sites for hydroxylation is 1. The summed E-state index contributed by atoms with van der Waals surface area (Å²) >= 11 is 0. The molecule has 0 aliphatic carbocycles. The predicted molar refractivity (Wildman–Crippen MR) is 85.6 cm³/mol. The molecule has 21 heavy (non-hydrogen) atoms. The largest absolute Gasteiger partial charge is 0.324 e. The molecule has 2 aromatic carbocycles. The molecular weight excluding hydrogens is 286 g/mol. The van der Waals surface area contributed by atoms with Gasteiger partial charge in [-0.1, -0.05) is 17.7 Å². The molecule has 0 aliphatic heterocycles. The predicted octanol–water partition coefficient (Wildman–Crippen LogP) is 2.50. The number of rotatable bonds is 5. The van der Waals surface area contributed by atoms with E-state index in [4.69, 9.17) is 5.84 Å². The van der Waals surface area contributed by atoms with Crippen molar-refractivity contribution in [3.05, 3.63) is 54.1 Å². The fourth-order valence-electron chi connectivity index (χ4n) is 2.05. The molecule has 0 aromatic heterocycles. The minimum atomic E-state index is -3.58. The number of benzene rings is 2. The summed E-state index contributed by atoms with van der Waals surface area (Å²) in [5, 5.41) is 0. The van der Waals surface area contributed by atoms with Gasteiger partial charge >= 0.3 is 0 Å². The number of sulfonamides is 1. The second-order valence-electron chi connectivity index (χ2n) is 4.67. The highest BCUT2D eigenvalue weighted by Crippen LogP contribution is 2.24. The summed E-state index contributed by atoms with van der Waals surface area (Å²) < 4.78 is 26.8. The lowest BCUT2D eigenvalue weighted by Crippen LogP contribution is -2.30. The molecule has 112 valence electrons. The molecule has 0 heterocycles. The Balaban J connectivity index is 2.41. The first-order valence-corrected chi connectivity index (χ1v) is 8.09. The number of hydrogen-bond donors (Lipinski definition) is 2. The summed E-state index contributed by atoms with van der Waals surface area (Å²) in [6, 6.07) is 13.8. The monoisotopic (exact) mass is 305 g/mol. The maximum Gasteiger partial charge on any atom is 0.264 e. The Bertz CT molecular complexity index is 695. The first-order chi connectivity index (χ1) is 9.98. The first-order valence-electron chi connectivity index (χ1n) is 6.65. The van der Waals surface area contributed by atoms with E-state index < -0.39 is 10.0 Å². The smallest absolute Gasteiger partial charge is 0.264 e. The molecular formula is C15H19N3O2S. The minimum Gasteiger partial charge on any atom is -0.324 e. The van der Waals surface area contributed by atoms with Crippen LogP contribution in [0.3, 0.4) is 0 Å². The fourth-order valence-corrected chi connectivity index (χ4v) is 3.53. The molecule has 0 saturated carbocycles. The second kappa shape index (κ2) is 6.15. The number of nitrogens with two attached hydrogens (primary N) is 1. The van der Waals surface area contributed by atoms with Crippen molar-refractivity contribution >= 4 is 21.4 Å². The van der Waals surface area contributed by atoms with E-state index in [9.17, 15) is 8.42 Å². The highest BCUT2D eigenvalue weighted by atomic mass is 32.2. The molecule has 0 radical (unpaired) electrons. The van der Waals surface area contributed by atoms with Crippen LogP contribution in [0.25, 0.3) is 0 Å². The molecule has 3 N–H and O–H groups in total. The van der Waals surface area contributed by atoms with Gasteiger partial charge in [-0.3, -0.25) is 10.1 Å². The summed E-state index contributed by atoms with van der Waals surface area (Å²) in [7, 11) is -3.58. The molecule has 0 bridgehead atoms. The second-order valence-corrected chi connectivity index (χ2v) is 6.54. The molecule has 0 fully saturated rings. The first kappa shape index (κ1) is 15.3. The van der Waals surface area contributed by atoms with Crippen LogP contribution < -0.4 is 15.6 Å². The van der Waals surface area contributed by atoms with Crippen LogP contribution in [-0.2, 0) is 10.0 Å². The van der Waals surface area contributed by atoms with E-state index in [0.717, 1.165) is 5.56 Å². The van der Waals surface area contributed by atoms with Crippen LogP contribution in [0.1, 0.15) is 12.5 Å². The van der Waals surface area contributed by atoms with Gasteiger partial charge in [-0.15, -0.1) is 0 Å². The Morgan fingerprint density at radius 3 is 2.10 bits per heavy atom. The van der Waals surface area contributed by atoms with E-state index in [1.165, 1.54) is 4.31 Å². The van der Waals surface area contributed by atoms with Gasteiger partial charge < -0.3 is 5.43 Å². The lowest BCUT2D eigenvalue weighted by molar-refractivity contribution is 0.592. The lowest BCUT2D eigenvalue weighted by atomic mass is 10.2. The summed E-state index contributed by atoms with van der Waals surface area (Å²) in [5.74, 6) is 5.29. The summed E-state index contributed by atoms with van der Waals surface area (Å²) in [6.45, 7) is 4.14. The molecule has 0 unspecified atom stereocenters. The van der Waals surface area contributed by atoms with Crippen molar-refractivity contribution in [2.45, 2.75) is 18.7 Å². The van der Waals surface area contributed by atoms with E-state index in [0.29, 0.717) is 17.9 Å². The summed E-state index contributed by atoms with van der Waals surface area (Å²) in [6.07, 6.45) is 0. The number of nitrogens with zero attached hydrogens (tertiary/aromatic N) is 1. The molecule has 5 nitrogen and oxygen atoms in total. The van der Waals surface area contributed by atoms with Crippen molar-refractivity contribution in [3.63, 3.8) is 0 Å². The van der Waals surface area contributed by atoms with Crippen LogP contribution in [0.2, 0.25) is 0 Å². The Hall–Kier alpha value is -2.05. The van der Waals surface area contributed by atoms with E-state index >= 15 is 0 Å². The normalized spacial score (nSPS) is 11.2. The Morgan fingerprint density at radius 1 is 1.05 bits per heavy atom. The quantitative estimate of drug-likeness (QED) is 0.657. The molecule has 0 atom stereocenters. The van der Waals surface area contributed by atoms with Gasteiger partial charge in [0, 0.05) is 12.2 Å². The van der Waals surface area contributed by atoms with Crippen molar-refractivity contribution in [2.75, 3.05) is 16.3 Å². The fraction of sp³-hybridized carbons (Fsp3) is 0.200. The van der Waals surface area contributed by atoms with Crippen LogP contribution in [0.15, 0.2) is 53.4 Å². The summed E-state index contributed by atoms with van der Waals surface area (Å²) in [4.78, 5) is 0.240. The van der Waals surface area contributed by atoms with Crippen LogP contribution in [0, 0.1) is 6.92 Å². The Morgan fingerprint density at radius 2 is 1.62 bits per heavy atom. The SMILES string of the molecule is CCN(c1ccc(C)cc1)S(=O)(=O)c1ccc(NN)cc1. The van der Waals surface area contributed by atoms with Gasteiger partial charge in [-0.2, -0.15) is 0 Å². The molecule has 0 saturated heterocycles. The molecule has 0 spiro atoms. The minimum absolute atomic E-state index is 0.240. The van der Waals surface area contributed by atoms with Gasteiger partial charge in [0.05, 0.1) is 10.6 Å². The van der Waals surface area contributed by atoms with E-state index in [2.05, 4.69) is 5.43 Å². The van der Waals surface area contributed by atoms with Crippen molar-refractivity contribution < 1.29 is 8.42 Å². The van der Waals surface area contributed by atoms with Crippen LogP contribution in [0.4, 0.5) is 11.4 Å². The lowest BCUT2D eigenvalue weighted by Gasteiger charge is -2.23. The van der Waals surface area contributed by atoms with Gasteiger partial charge in [0.15, 0.2) is 0 Å². The maximum absolute atomic E-state index is 12.7. The van der Waals surface area contributed by atoms with Gasteiger partial charge in [0.25, 0.3) is 10.0 Å². The maximum atomic E-state index is 12.7. The van der Waals surface area contributed by atoms with Gasteiger partial charge in [0.1, 0.15) is 0 Å². The van der Waals surface area contributed by atoms with Gasteiger partial charge in [0.2, 0.25) is 0 Å². The molecule has 2 aromatic rings. The highest BCUT2D eigenvalue weighted by Gasteiger charge is 2.23. The Kier molecular flexibility index (Phi) is 4.50. The van der Waals surface area contributed by atoms with Gasteiger partial charge in [-0.05, 0) is 50.2 Å².